The van der Waals surface area contributed by atoms with Crippen LogP contribution >= 0.6 is 0 Å². The molecule has 108 valence electrons. The Labute approximate surface area is 116 Å². The van der Waals surface area contributed by atoms with Gasteiger partial charge in [-0.2, -0.15) is 0 Å². The van der Waals surface area contributed by atoms with Crippen LogP contribution in [-0.4, -0.2) is 0 Å². The average Bonchev–Trinajstić information content (AvgIpc) is 3.08. The Morgan fingerprint density at radius 3 is 2.06 bits per heavy atom. The van der Waals surface area contributed by atoms with Crippen molar-refractivity contribution in [2.75, 3.05) is 0 Å². The molecule has 0 nitrogen and oxygen atoms in total. The lowest BCUT2D eigenvalue weighted by Gasteiger charge is -2.26. The van der Waals surface area contributed by atoms with E-state index >= 15 is 0 Å². The summed E-state index contributed by atoms with van der Waals surface area (Å²) in [4.78, 5) is 0. The van der Waals surface area contributed by atoms with Gasteiger partial charge in [0.05, 0.1) is 0 Å². The van der Waals surface area contributed by atoms with Crippen molar-refractivity contribution in [1.82, 2.24) is 0 Å². The Morgan fingerprint density at radius 2 is 1.61 bits per heavy atom. The molecule has 0 bridgehead atoms. The molecular formula is C18H36. The van der Waals surface area contributed by atoms with Crippen molar-refractivity contribution in [3.63, 3.8) is 0 Å². The molecule has 0 aromatic rings. The van der Waals surface area contributed by atoms with E-state index in [9.17, 15) is 0 Å². The van der Waals surface area contributed by atoms with E-state index in [0.29, 0.717) is 0 Å². The second-order valence-electron chi connectivity index (χ2n) is 6.92. The van der Waals surface area contributed by atoms with Crippen LogP contribution in [-0.2, 0) is 0 Å². The minimum atomic E-state index is 0.965. The van der Waals surface area contributed by atoms with Crippen LogP contribution in [0, 0.1) is 29.6 Å². The second-order valence-corrected chi connectivity index (χ2v) is 6.92. The number of unbranched alkanes of at least 4 members (excludes halogenated alkanes) is 1. The van der Waals surface area contributed by atoms with Crippen molar-refractivity contribution in [3.05, 3.63) is 0 Å². The van der Waals surface area contributed by atoms with Gasteiger partial charge in [-0.3, -0.25) is 0 Å². The highest BCUT2D eigenvalue weighted by molar-refractivity contribution is 4.90. The molecule has 1 saturated carbocycles. The van der Waals surface area contributed by atoms with Crippen molar-refractivity contribution >= 4 is 0 Å². The van der Waals surface area contributed by atoms with Crippen molar-refractivity contribution in [2.24, 2.45) is 29.6 Å². The third-order valence-corrected chi connectivity index (χ3v) is 5.53. The predicted molar refractivity (Wildman–Crippen MR) is 82.8 cm³/mol. The van der Waals surface area contributed by atoms with E-state index < -0.39 is 0 Å². The lowest BCUT2D eigenvalue weighted by molar-refractivity contribution is 0.247. The molecule has 4 atom stereocenters. The van der Waals surface area contributed by atoms with E-state index in [1.165, 1.54) is 51.4 Å². The lowest BCUT2D eigenvalue weighted by atomic mass is 9.80. The van der Waals surface area contributed by atoms with E-state index in [1.807, 2.05) is 0 Å². The van der Waals surface area contributed by atoms with Crippen molar-refractivity contribution in [1.29, 1.82) is 0 Å². The summed E-state index contributed by atoms with van der Waals surface area (Å²) in [6.45, 7) is 12.0. The molecule has 0 N–H and O–H groups in total. The first kappa shape index (κ1) is 16.1. The Morgan fingerprint density at radius 1 is 1.00 bits per heavy atom. The van der Waals surface area contributed by atoms with Gasteiger partial charge in [-0.25, -0.2) is 0 Å². The van der Waals surface area contributed by atoms with Crippen LogP contribution in [0.3, 0.4) is 0 Å². The minimum Gasteiger partial charge on any atom is -0.0654 e. The molecular weight excluding hydrogens is 216 g/mol. The molecule has 0 aromatic heterocycles. The summed E-state index contributed by atoms with van der Waals surface area (Å²) in [7, 11) is 0. The fourth-order valence-corrected chi connectivity index (χ4v) is 3.72. The van der Waals surface area contributed by atoms with Gasteiger partial charge in [-0.1, -0.05) is 73.1 Å². The van der Waals surface area contributed by atoms with E-state index in [-0.39, 0.29) is 0 Å². The molecule has 18 heavy (non-hydrogen) atoms. The molecule has 0 heteroatoms. The maximum Gasteiger partial charge on any atom is -0.0355 e. The van der Waals surface area contributed by atoms with Crippen LogP contribution in [0.5, 0.6) is 0 Å². The van der Waals surface area contributed by atoms with Crippen LogP contribution in [0.2, 0.25) is 0 Å². The van der Waals surface area contributed by atoms with Crippen LogP contribution in [0.15, 0.2) is 0 Å². The van der Waals surface area contributed by atoms with Gasteiger partial charge in [0.2, 0.25) is 0 Å². The average molecular weight is 252 g/mol. The Balaban J connectivity index is 2.36. The maximum absolute atomic E-state index is 2.54. The highest BCUT2D eigenvalue weighted by atomic mass is 14.5. The summed E-state index contributed by atoms with van der Waals surface area (Å²) in [5.41, 5.74) is 0. The molecule has 4 unspecified atom stereocenters. The largest absolute Gasteiger partial charge is 0.0654 e. The second kappa shape index (κ2) is 8.23. The Kier molecular flexibility index (Phi) is 7.34. The zero-order valence-electron chi connectivity index (χ0n) is 13.5. The highest BCUT2D eigenvalue weighted by Gasteiger charge is 2.40. The van der Waals surface area contributed by atoms with Crippen LogP contribution in [0.4, 0.5) is 0 Å². The zero-order valence-corrected chi connectivity index (χ0v) is 13.5. The quantitative estimate of drug-likeness (QED) is 0.428. The van der Waals surface area contributed by atoms with Gasteiger partial charge in [-0.05, 0) is 42.4 Å². The number of rotatable bonds is 10. The molecule has 1 rings (SSSR count). The summed E-state index contributed by atoms with van der Waals surface area (Å²) >= 11 is 0. The van der Waals surface area contributed by atoms with E-state index in [1.54, 1.807) is 0 Å². The molecule has 1 fully saturated rings. The summed E-state index contributed by atoms with van der Waals surface area (Å²) in [5.74, 6) is 5.09. The standard InChI is InChI=1S/C18H36/c1-6-9-10-17(18-13-15(18)5)14(4)11-12-16(7-2)8-3/h14-18H,6-13H2,1-5H3. The third-order valence-electron chi connectivity index (χ3n) is 5.53. The molecule has 0 radical (unpaired) electrons. The molecule has 0 heterocycles. The molecule has 0 amide bonds. The first-order chi connectivity index (χ1) is 8.63. The Bertz CT molecular complexity index is 204. The van der Waals surface area contributed by atoms with E-state index in [4.69, 9.17) is 0 Å². The number of hydrogen-bond donors (Lipinski definition) is 0. The van der Waals surface area contributed by atoms with Crippen molar-refractivity contribution < 1.29 is 0 Å². The molecule has 0 spiro atoms. The van der Waals surface area contributed by atoms with E-state index in [2.05, 4.69) is 34.6 Å². The SMILES string of the molecule is CCCCC(C(C)CCC(CC)CC)C1CC1C. The van der Waals surface area contributed by atoms with Crippen molar-refractivity contribution in [3.8, 4) is 0 Å². The minimum absolute atomic E-state index is 0.965. The first-order valence-electron chi connectivity index (χ1n) is 8.63. The van der Waals surface area contributed by atoms with Crippen molar-refractivity contribution in [2.45, 2.75) is 86.0 Å². The molecule has 0 saturated heterocycles. The summed E-state index contributed by atoms with van der Waals surface area (Å²) in [5, 5.41) is 0. The van der Waals surface area contributed by atoms with E-state index in [0.717, 1.165) is 29.6 Å². The molecule has 1 aliphatic carbocycles. The van der Waals surface area contributed by atoms with Crippen LogP contribution in [0.1, 0.15) is 86.0 Å². The van der Waals surface area contributed by atoms with Gasteiger partial charge >= 0.3 is 0 Å². The maximum atomic E-state index is 2.54. The zero-order chi connectivity index (χ0) is 13.5. The monoisotopic (exact) mass is 252 g/mol. The van der Waals surface area contributed by atoms with Gasteiger partial charge in [0, 0.05) is 0 Å². The number of hydrogen-bond acceptors (Lipinski definition) is 0. The van der Waals surface area contributed by atoms with Crippen LogP contribution < -0.4 is 0 Å². The topological polar surface area (TPSA) is 0 Å². The molecule has 0 aromatic carbocycles. The van der Waals surface area contributed by atoms with Gasteiger partial charge < -0.3 is 0 Å². The third kappa shape index (κ3) is 4.94. The summed E-state index contributed by atoms with van der Waals surface area (Å²) in [6, 6.07) is 0. The first-order valence-corrected chi connectivity index (χ1v) is 8.63. The smallest absolute Gasteiger partial charge is 0.0355 e. The Hall–Kier alpha value is 0. The van der Waals surface area contributed by atoms with Gasteiger partial charge in [-0.15, -0.1) is 0 Å². The lowest BCUT2D eigenvalue weighted by Crippen LogP contribution is -2.16. The normalized spacial score (nSPS) is 26.3. The molecule has 0 aliphatic heterocycles. The fourth-order valence-electron chi connectivity index (χ4n) is 3.72. The summed E-state index contributed by atoms with van der Waals surface area (Å²) in [6.07, 6.45) is 11.5. The van der Waals surface area contributed by atoms with Gasteiger partial charge in [0.1, 0.15) is 0 Å². The molecule has 1 aliphatic rings. The van der Waals surface area contributed by atoms with Gasteiger partial charge in [0.15, 0.2) is 0 Å². The van der Waals surface area contributed by atoms with Crippen LogP contribution in [0.25, 0.3) is 0 Å². The fraction of sp³-hybridized carbons (Fsp3) is 1.00. The van der Waals surface area contributed by atoms with Gasteiger partial charge in [0.25, 0.3) is 0 Å². The highest BCUT2D eigenvalue weighted by Crippen LogP contribution is 2.49. The predicted octanol–water partition coefficient (Wildman–Crippen LogP) is 6.30. The summed E-state index contributed by atoms with van der Waals surface area (Å²) < 4.78 is 0.